The van der Waals surface area contributed by atoms with E-state index in [1.165, 1.54) is 7.05 Å². The van der Waals surface area contributed by atoms with Crippen LogP contribution in [0, 0.1) is 0 Å². The number of likely N-dealkylation sites (tertiary alicyclic amines) is 1. The van der Waals surface area contributed by atoms with Crippen LogP contribution >= 0.6 is 23.2 Å². The zero-order valence-electron chi connectivity index (χ0n) is 16.9. The Bertz CT molecular complexity index is 1050. The van der Waals surface area contributed by atoms with Crippen LogP contribution < -0.4 is 10.0 Å². The van der Waals surface area contributed by atoms with E-state index in [0.717, 1.165) is 12.0 Å². The lowest BCUT2D eigenvalue weighted by Crippen LogP contribution is -2.45. The number of nitrogens with zero attached hydrogens (tertiary/aromatic N) is 1. The second kappa shape index (κ2) is 9.99. The molecule has 2 aromatic carbocycles. The smallest absolute Gasteiger partial charge is 0.254 e. The van der Waals surface area contributed by atoms with E-state index >= 15 is 0 Å². The third-order valence-electron chi connectivity index (χ3n) is 5.08. The van der Waals surface area contributed by atoms with E-state index in [-0.39, 0.29) is 24.1 Å². The third-order valence-corrected chi connectivity index (χ3v) is 6.86. The molecule has 2 N–H and O–H groups in total. The fourth-order valence-electron chi connectivity index (χ4n) is 3.48. The van der Waals surface area contributed by atoms with Gasteiger partial charge in [-0.2, -0.15) is 0 Å². The number of halogens is 2. The van der Waals surface area contributed by atoms with Gasteiger partial charge in [0, 0.05) is 28.7 Å². The van der Waals surface area contributed by atoms with Crippen molar-refractivity contribution in [1.29, 1.82) is 0 Å². The van der Waals surface area contributed by atoms with Crippen LogP contribution in [-0.4, -0.2) is 44.8 Å². The normalized spacial score (nSPS) is 16.4. The van der Waals surface area contributed by atoms with Crippen molar-refractivity contribution in [2.24, 2.45) is 0 Å². The largest absolute Gasteiger partial charge is 0.350 e. The van der Waals surface area contributed by atoms with Gasteiger partial charge in [0.25, 0.3) is 5.91 Å². The van der Waals surface area contributed by atoms with Crippen molar-refractivity contribution in [3.8, 4) is 0 Å². The van der Waals surface area contributed by atoms with E-state index in [4.69, 9.17) is 23.2 Å². The maximum atomic E-state index is 12.9. The van der Waals surface area contributed by atoms with E-state index in [1.807, 2.05) is 0 Å². The predicted octanol–water partition coefficient (Wildman–Crippen LogP) is 2.96. The number of benzene rings is 2. The summed E-state index contributed by atoms with van der Waals surface area (Å²) in [4.78, 5) is 27.2. The molecule has 1 unspecified atom stereocenters. The summed E-state index contributed by atoms with van der Waals surface area (Å²) >= 11 is 12.0. The van der Waals surface area contributed by atoms with Crippen molar-refractivity contribution < 1.29 is 18.0 Å². The summed E-state index contributed by atoms with van der Waals surface area (Å²) in [5, 5.41) is 3.59. The number of carbonyl (C=O) groups excluding carboxylic acids is 2. The van der Waals surface area contributed by atoms with E-state index in [9.17, 15) is 18.0 Å². The molecule has 0 saturated carbocycles. The fraction of sp³-hybridized carbons (Fsp3) is 0.333. The van der Waals surface area contributed by atoms with Gasteiger partial charge in [-0.15, -0.1) is 0 Å². The summed E-state index contributed by atoms with van der Waals surface area (Å²) in [5.74, 6) is -0.624. The molecule has 1 aliphatic rings. The molecule has 1 heterocycles. The minimum Gasteiger partial charge on any atom is -0.350 e. The molecule has 0 spiro atoms. The lowest BCUT2D eigenvalue weighted by molar-refractivity contribution is -0.125. The van der Waals surface area contributed by atoms with Crippen molar-refractivity contribution in [3.05, 3.63) is 69.2 Å². The molecule has 31 heavy (non-hydrogen) atoms. The van der Waals surface area contributed by atoms with Crippen LogP contribution in [0.1, 0.15) is 34.3 Å². The second-order valence-electron chi connectivity index (χ2n) is 7.31. The minimum absolute atomic E-state index is 0.108. The zero-order chi connectivity index (χ0) is 22.6. The Morgan fingerprint density at radius 1 is 1.06 bits per heavy atom. The molecule has 1 atom stereocenters. The first-order chi connectivity index (χ1) is 14.7. The Balaban J connectivity index is 1.61. The Kier molecular flexibility index (Phi) is 7.59. The number of nitrogens with one attached hydrogen (secondary N) is 2. The number of amides is 2. The molecule has 10 heteroatoms. The van der Waals surface area contributed by atoms with Gasteiger partial charge in [-0.25, -0.2) is 13.1 Å². The molecule has 1 aliphatic heterocycles. The van der Waals surface area contributed by atoms with Crippen LogP contribution in [0.5, 0.6) is 0 Å². The Morgan fingerprint density at radius 2 is 1.68 bits per heavy atom. The summed E-state index contributed by atoms with van der Waals surface area (Å²) in [6.07, 6.45) is 1.31. The average molecular weight is 484 g/mol. The minimum atomic E-state index is -3.34. The van der Waals surface area contributed by atoms with Gasteiger partial charge in [0.2, 0.25) is 15.9 Å². The summed E-state index contributed by atoms with van der Waals surface area (Å²) < 4.78 is 25.5. The lowest BCUT2D eigenvalue weighted by atomic mass is 10.1. The molecule has 0 aliphatic carbocycles. The topological polar surface area (TPSA) is 95.6 Å². The maximum absolute atomic E-state index is 12.9. The van der Waals surface area contributed by atoms with Gasteiger partial charge in [0.1, 0.15) is 6.04 Å². The fourth-order valence-corrected chi connectivity index (χ4v) is 4.78. The first kappa shape index (κ1) is 23.5. The first-order valence-electron chi connectivity index (χ1n) is 9.72. The van der Waals surface area contributed by atoms with Crippen LogP contribution in [0.2, 0.25) is 10.0 Å². The van der Waals surface area contributed by atoms with E-state index in [1.54, 1.807) is 47.4 Å². The summed E-state index contributed by atoms with van der Waals surface area (Å²) in [7, 11) is -1.97. The molecule has 0 bridgehead atoms. The lowest BCUT2D eigenvalue weighted by Gasteiger charge is -2.24. The predicted molar refractivity (Wildman–Crippen MR) is 120 cm³/mol. The van der Waals surface area contributed by atoms with Crippen LogP contribution in [0.25, 0.3) is 0 Å². The van der Waals surface area contributed by atoms with Gasteiger partial charge in [0.15, 0.2) is 0 Å². The monoisotopic (exact) mass is 483 g/mol. The van der Waals surface area contributed by atoms with Gasteiger partial charge >= 0.3 is 0 Å². The highest BCUT2D eigenvalue weighted by Crippen LogP contribution is 2.24. The summed E-state index contributed by atoms with van der Waals surface area (Å²) in [6, 6.07) is 11.0. The van der Waals surface area contributed by atoms with Crippen molar-refractivity contribution in [2.75, 3.05) is 13.6 Å². The molecule has 1 fully saturated rings. The number of hydrogen-bond donors (Lipinski definition) is 2. The molecular weight excluding hydrogens is 461 g/mol. The Labute approximate surface area is 191 Å². The van der Waals surface area contributed by atoms with Gasteiger partial charge in [-0.05, 0) is 49.2 Å². The van der Waals surface area contributed by atoms with E-state index < -0.39 is 16.1 Å². The van der Waals surface area contributed by atoms with Crippen molar-refractivity contribution >= 4 is 45.0 Å². The SMILES string of the molecule is CNS(=O)(=O)Cc1ccc(CNC(=O)C2CCCN2C(=O)c2cc(Cl)cc(Cl)c2)cc1. The standard InChI is InChI=1S/C21H23Cl2N3O4S/c1-24-31(29,30)13-15-6-4-14(5-7-15)12-25-20(27)19-3-2-8-26(19)21(28)16-9-17(22)11-18(23)10-16/h4-7,9-11,19,24H,2-3,8,12-13H2,1H3,(H,25,27). The number of carbonyl (C=O) groups is 2. The molecule has 2 amide bonds. The van der Waals surface area contributed by atoms with Crippen LogP contribution in [0.3, 0.4) is 0 Å². The molecule has 3 rings (SSSR count). The maximum Gasteiger partial charge on any atom is 0.254 e. The molecule has 0 radical (unpaired) electrons. The number of hydrogen-bond acceptors (Lipinski definition) is 4. The number of sulfonamides is 1. The van der Waals surface area contributed by atoms with Crippen LogP contribution in [0.15, 0.2) is 42.5 Å². The molecule has 1 saturated heterocycles. The Hall–Kier alpha value is -2.13. The highest BCUT2D eigenvalue weighted by molar-refractivity contribution is 7.88. The highest BCUT2D eigenvalue weighted by atomic mass is 35.5. The zero-order valence-corrected chi connectivity index (χ0v) is 19.2. The quantitative estimate of drug-likeness (QED) is 0.632. The highest BCUT2D eigenvalue weighted by Gasteiger charge is 2.34. The molecule has 166 valence electrons. The van der Waals surface area contributed by atoms with Crippen LogP contribution in [-0.2, 0) is 27.1 Å². The average Bonchev–Trinajstić information content (AvgIpc) is 3.21. The van der Waals surface area contributed by atoms with E-state index in [0.29, 0.717) is 34.1 Å². The molecule has 2 aromatic rings. The summed E-state index contributed by atoms with van der Waals surface area (Å²) in [5.41, 5.74) is 1.83. The number of rotatable bonds is 7. The third kappa shape index (κ3) is 6.20. The van der Waals surface area contributed by atoms with Crippen LogP contribution in [0.4, 0.5) is 0 Å². The molecule has 0 aromatic heterocycles. The van der Waals surface area contributed by atoms with Gasteiger partial charge < -0.3 is 10.2 Å². The first-order valence-corrected chi connectivity index (χ1v) is 12.1. The van der Waals surface area contributed by atoms with Gasteiger partial charge in [-0.1, -0.05) is 47.5 Å². The van der Waals surface area contributed by atoms with Crippen molar-refractivity contribution in [1.82, 2.24) is 14.9 Å². The van der Waals surface area contributed by atoms with Crippen molar-refractivity contribution in [3.63, 3.8) is 0 Å². The summed E-state index contributed by atoms with van der Waals surface area (Å²) in [6.45, 7) is 0.759. The molecule has 7 nitrogen and oxygen atoms in total. The van der Waals surface area contributed by atoms with Gasteiger partial charge in [-0.3, -0.25) is 9.59 Å². The molecular formula is C21H23Cl2N3O4S. The van der Waals surface area contributed by atoms with Gasteiger partial charge in [0.05, 0.1) is 5.75 Å². The second-order valence-corrected chi connectivity index (χ2v) is 10.1. The Morgan fingerprint density at radius 3 is 2.29 bits per heavy atom. The van der Waals surface area contributed by atoms with Crippen molar-refractivity contribution in [2.45, 2.75) is 31.2 Å². The van der Waals surface area contributed by atoms with E-state index in [2.05, 4.69) is 10.0 Å².